The topological polar surface area (TPSA) is 77.2 Å². The number of hydrogen-bond donors (Lipinski definition) is 1. The van der Waals surface area contributed by atoms with Crippen LogP contribution in [0, 0.1) is 0 Å². The van der Waals surface area contributed by atoms with Crippen LogP contribution < -0.4 is 5.56 Å². The molecule has 1 N–H and O–H groups in total. The molecule has 1 aliphatic heterocycles. The third-order valence-electron chi connectivity index (χ3n) is 5.98. The number of aromatic nitrogens is 3. The molecule has 0 saturated carbocycles. The highest BCUT2D eigenvalue weighted by Gasteiger charge is 2.27. The molecule has 31 heavy (non-hydrogen) atoms. The van der Waals surface area contributed by atoms with Crippen LogP contribution in [0.25, 0.3) is 27.8 Å². The van der Waals surface area contributed by atoms with Gasteiger partial charge in [-0.25, -0.2) is 4.98 Å². The first-order valence-corrected chi connectivity index (χ1v) is 10.4. The minimum atomic E-state index is -0.722. The number of aliphatic hydroxyl groups excluding tert-OH is 1. The Bertz CT molecular complexity index is 1350. The maximum atomic E-state index is 13.5. The lowest BCUT2D eigenvalue weighted by Gasteiger charge is -2.29. The number of aliphatic hydroxyl groups is 1. The lowest BCUT2D eigenvalue weighted by molar-refractivity contribution is -0.0395. The number of rotatable bonds is 4. The molecule has 0 radical (unpaired) electrons. The summed E-state index contributed by atoms with van der Waals surface area (Å²) in [7, 11) is 0. The Hall–Kier alpha value is -3.35. The van der Waals surface area contributed by atoms with Crippen molar-refractivity contribution in [2.24, 2.45) is 0 Å². The maximum Gasteiger partial charge on any atom is 0.261 e. The summed E-state index contributed by atoms with van der Waals surface area (Å²) in [5.41, 5.74) is 3.51. The van der Waals surface area contributed by atoms with Crippen molar-refractivity contribution >= 4 is 27.8 Å². The van der Waals surface area contributed by atoms with E-state index in [1.54, 1.807) is 23.2 Å². The van der Waals surface area contributed by atoms with Crippen LogP contribution >= 0.6 is 0 Å². The van der Waals surface area contributed by atoms with Gasteiger partial charge in [0.15, 0.2) is 0 Å². The summed E-state index contributed by atoms with van der Waals surface area (Å²) in [4.78, 5) is 22.4. The molecule has 2 aromatic heterocycles. The zero-order valence-electron chi connectivity index (χ0n) is 17.1. The quantitative estimate of drug-likeness (QED) is 0.518. The van der Waals surface area contributed by atoms with E-state index in [9.17, 15) is 9.90 Å². The molecule has 5 rings (SSSR count). The second-order valence-electron chi connectivity index (χ2n) is 7.90. The van der Waals surface area contributed by atoms with Crippen molar-refractivity contribution in [1.82, 2.24) is 14.5 Å². The van der Waals surface area contributed by atoms with E-state index in [4.69, 9.17) is 4.74 Å². The Kier molecular flexibility index (Phi) is 5.10. The van der Waals surface area contributed by atoms with E-state index in [1.165, 1.54) is 0 Å². The standard InChI is InChI=1S/C25H23N3O3/c1-2-18-12-16(7-9-26-18)11-17-13-21-24(20-6-4-3-5-19(17)20)27-15-28(25(21)30)22-8-10-31-14-23(22)29/h2-7,9,12-13,15,22-23,29H,1,8,10-11,14H2/t22-,23-/m0/s1. The van der Waals surface area contributed by atoms with Crippen LogP contribution in [-0.2, 0) is 11.2 Å². The molecule has 0 amide bonds. The van der Waals surface area contributed by atoms with Crippen molar-refractivity contribution in [3.05, 3.63) is 88.7 Å². The summed E-state index contributed by atoms with van der Waals surface area (Å²) in [5.74, 6) is 0. The van der Waals surface area contributed by atoms with E-state index in [1.807, 2.05) is 36.4 Å². The van der Waals surface area contributed by atoms with Gasteiger partial charge in [0, 0.05) is 18.2 Å². The first-order chi connectivity index (χ1) is 15.2. The molecule has 2 atom stereocenters. The Morgan fingerprint density at radius 2 is 2.00 bits per heavy atom. The van der Waals surface area contributed by atoms with Crippen molar-refractivity contribution < 1.29 is 9.84 Å². The Labute approximate surface area is 179 Å². The molecule has 6 heteroatoms. The van der Waals surface area contributed by atoms with Gasteiger partial charge in [-0.2, -0.15) is 0 Å². The largest absolute Gasteiger partial charge is 0.389 e. The van der Waals surface area contributed by atoms with Crippen molar-refractivity contribution in [1.29, 1.82) is 0 Å². The van der Waals surface area contributed by atoms with Gasteiger partial charge >= 0.3 is 0 Å². The predicted molar refractivity (Wildman–Crippen MR) is 121 cm³/mol. The smallest absolute Gasteiger partial charge is 0.261 e. The second-order valence-corrected chi connectivity index (χ2v) is 7.90. The fourth-order valence-corrected chi connectivity index (χ4v) is 4.40. The normalized spacial score (nSPS) is 19.0. The highest BCUT2D eigenvalue weighted by Crippen LogP contribution is 2.28. The number of ether oxygens (including phenoxy) is 1. The van der Waals surface area contributed by atoms with Crippen molar-refractivity contribution in [3.63, 3.8) is 0 Å². The van der Waals surface area contributed by atoms with Crippen LogP contribution in [0.2, 0.25) is 0 Å². The van der Waals surface area contributed by atoms with Crippen molar-refractivity contribution in [2.45, 2.75) is 25.0 Å². The van der Waals surface area contributed by atoms with E-state index in [2.05, 4.69) is 22.6 Å². The summed E-state index contributed by atoms with van der Waals surface area (Å²) < 4.78 is 6.89. The fourth-order valence-electron chi connectivity index (χ4n) is 4.40. The first-order valence-electron chi connectivity index (χ1n) is 10.4. The summed E-state index contributed by atoms with van der Waals surface area (Å²) in [5, 5.41) is 12.9. The molecule has 0 bridgehead atoms. The van der Waals surface area contributed by atoms with E-state index in [-0.39, 0.29) is 18.2 Å². The number of fused-ring (bicyclic) bond motifs is 3. The van der Waals surface area contributed by atoms with E-state index in [0.29, 0.717) is 30.4 Å². The van der Waals surface area contributed by atoms with Crippen LogP contribution in [0.1, 0.15) is 29.3 Å². The summed E-state index contributed by atoms with van der Waals surface area (Å²) >= 11 is 0. The van der Waals surface area contributed by atoms with Gasteiger partial charge in [-0.1, -0.05) is 30.8 Å². The predicted octanol–water partition coefficient (Wildman–Crippen LogP) is 3.50. The van der Waals surface area contributed by atoms with E-state index in [0.717, 1.165) is 27.6 Å². The van der Waals surface area contributed by atoms with Crippen LogP contribution in [-0.4, -0.2) is 39.0 Å². The molecule has 0 unspecified atom stereocenters. The Morgan fingerprint density at radius 3 is 2.81 bits per heavy atom. The molecule has 1 aliphatic rings. The lowest BCUT2D eigenvalue weighted by atomic mass is 9.96. The molecule has 0 aliphatic carbocycles. The Balaban J connectivity index is 1.70. The number of benzene rings is 2. The Morgan fingerprint density at radius 1 is 1.16 bits per heavy atom. The van der Waals surface area contributed by atoms with Crippen LogP contribution in [0.3, 0.4) is 0 Å². The maximum absolute atomic E-state index is 13.5. The molecule has 1 saturated heterocycles. The average Bonchev–Trinajstić information content (AvgIpc) is 2.81. The SMILES string of the molecule is C=Cc1cc(Cc2cc3c(=O)n([C@H]4CCOC[C@@H]4O)cnc3c3ccccc23)ccn1. The van der Waals surface area contributed by atoms with Gasteiger partial charge in [-0.15, -0.1) is 0 Å². The lowest BCUT2D eigenvalue weighted by Crippen LogP contribution is -2.39. The van der Waals surface area contributed by atoms with Crippen molar-refractivity contribution in [2.75, 3.05) is 13.2 Å². The third-order valence-corrected chi connectivity index (χ3v) is 5.98. The molecule has 1 fully saturated rings. The molecular weight excluding hydrogens is 390 g/mol. The minimum absolute atomic E-state index is 0.135. The number of nitrogens with zero attached hydrogens (tertiary/aromatic N) is 3. The average molecular weight is 413 g/mol. The van der Waals surface area contributed by atoms with E-state index < -0.39 is 6.10 Å². The van der Waals surface area contributed by atoms with E-state index >= 15 is 0 Å². The van der Waals surface area contributed by atoms with Crippen molar-refractivity contribution in [3.8, 4) is 0 Å². The van der Waals surface area contributed by atoms with Gasteiger partial charge in [0.1, 0.15) is 0 Å². The van der Waals surface area contributed by atoms with Crippen LogP contribution in [0.15, 0.2) is 66.4 Å². The summed E-state index contributed by atoms with van der Waals surface area (Å²) in [6.07, 6.45) is 5.58. The minimum Gasteiger partial charge on any atom is -0.389 e. The summed E-state index contributed by atoms with van der Waals surface area (Å²) in [6, 6.07) is 13.6. The van der Waals surface area contributed by atoms with Gasteiger partial charge in [0.05, 0.1) is 41.7 Å². The summed E-state index contributed by atoms with van der Waals surface area (Å²) in [6.45, 7) is 4.54. The van der Waals surface area contributed by atoms with Gasteiger partial charge in [-0.3, -0.25) is 14.3 Å². The number of hydrogen-bond acceptors (Lipinski definition) is 5. The molecule has 3 heterocycles. The molecule has 0 spiro atoms. The van der Waals surface area contributed by atoms with Gasteiger partial charge in [0.2, 0.25) is 0 Å². The third kappa shape index (κ3) is 3.54. The molecular formula is C25H23N3O3. The molecule has 156 valence electrons. The number of pyridine rings is 1. The second kappa shape index (κ2) is 8.06. The zero-order chi connectivity index (χ0) is 21.4. The zero-order valence-corrected chi connectivity index (χ0v) is 17.1. The van der Waals surface area contributed by atoms with Crippen LogP contribution in [0.4, 0.5) is 0 Å². The highest BCUT2D eigenvalue weighted by atomic mass is 16.5. The monoisotopic (exact) mass is 413 g/mol. The van der Waals surface area contributed by atoms with Gasteiger partial charge < -0.3 is 9.84 Å². The van der Waals surface area contributed by atoms with Gasteiger partial charge in [-0.05, 0) is 53.6 Å². The molecule has 4 aromatic rings. The fraction of sp³-hybridized carbons (Fsp3) is 0.240. The highest BCUT2D eigenvalue weighted by molar-refractivity contribution is 6.06. The molecule has 2 aromatic carbocycles. The first kappa shape index (κ1) is 19.6. The van der Waals surface area contributed by atoms with Crippen LogP contribution in [0.5, 0.6) is 0 Å². The molecule has 6 nitrogen and oxygen atoms in total. The van der Waals surface area contributed by atoms with Gasteiger partial charge in [0.25, 0.3) is 5.56 Å².